The standard InChI is InChI=1S/CH2FO3S.Ag/c2-1-6(3,4)5;/h1H,(H,3,4,5);. The maximum absolute atomic E-state index is 11.3. The summed E-state index contributed by atoms with van der Waals surface area (Å²) in [6.07, 6.45) is 0. The van der Waals surface area contributed by atoms with E-state index < -0.39 is 13.8 Å². The third-order valence-electron chi connectivity index (χ3n) is 0.202. The van der Waals surface area contributed by atoms with E-state index in [-0.39, 0.29) is 0 Å². The monoisotopic (exact) mass is 220 g/mol. The van der Waals surface area contributed by atoms with Crippen molar-refractivity contribution in [2.24, 2.45) is 0 Å². The van der Waals surface area contributed by atoms with Crippen molar-refractivity contribution in [3.05, 3.63) is 0 Å². The molecule has 0 saturated heterocycles. The molecule has 0 aliphatic rings. The predicted octanol–water partition coefficient (Wildman–Crippen LogP) is -0.326. The van der Waals surface area contributed by atoms with Crippen molar-refractivity contribution < 1.29 is 38.4 Å². The van der Waals surface area contributed by atoms with Crippen LogP contribution in [0.2, 0.25) is 0 Å². The third-order valence-corrected chi connectivity index (χ3v) is 1.93. The van der Waals surface area contributed by atoms with Gasteiger partial charge in [-0.1, -0.05) is 0 Å². The Balaban J connectivity index is 4.10. The molecule has 0 spiro atoms. The van der Waals surface area contributed by atoms with Crippen LogP contribution < -0.4 is 0 Å². The molecule has 1 unspecified atom stereocenters. The quantitative estimate of drug-likeness (QED) is 0.487. The number of hydrogen-bond acceptors (Lipinski definition) is 2. The normalized spacial score (nSPS) is 16.6. The van der Waals surface area contributed by atoms with Crippen LogP contribution in [0.1, 0.15) is 0 Å². The van der Waals surface area contributed by atoms with Gasteiger partial charge in [0.25, 0.3) is 0 Å². The molecule has 0 heterocycles. The first-order valence-electron chi connectivity index (χ1n) is 1.14. The van der Waals surface area contributed by atoms with Gasteiger partial charge >= 0.3 is 52.3 Å². The molecule has 0 amide bonds. The Morgan fingerprint density at radius 2 is 1.86 bits per heavy atom. The molecular formula is CH2AgFO3S. The fourth-order valence-electron chi connectivity index (χ4n) is 0. The van der Waals surface area contributed by atoms with Crippen molar-refractivity contribution in [3.63, 3.8) is 0 Å². The van der Waals surface area contributed by atoms with Gasteiger partial charge in [0.05, 0.1) is 0 Å². The van der Waals surface area contributed by atoms with Crippen LogP contribution >= 0.6 is 0 Å². The summed E-state index contributed by atoms with van der Waals surface area (Å²) in [7, 11) is -4.49. The molecule has 0 aromatic carbocycles. The SMILES string of the molecule is O=S(=O)(O)[CH](F)[Ag]. The Kier molecular flexibility index (Phi) is 2.42. The zero-order chi connectivity index (χ0) is 6.08. The number of alkyl halides is 1. The summed E-state index contributed by atoms with van der Waals surface area (Å²) in [4.78, 5) is 0. The third kappa shape index (κ3) is 3.19. The molecule has 0 radical (unpaired) electrons. The summed E-state index contributed by atoms with van der Waals surface area (Å²) < 4.78 is 35.5. The van der Waals surface area contributed by atoms with Gasteiger partial charge in [0.2, 0.25) is 0 Å². The second-order valence-corrected chi connectivity index (χ2v) is 3.46. The van der Waals surface area contributed by atoms with Crippen LogP contribution in [0.4, 0.5) is 4.39 Å². The Morgan fingerprint density at radius 1 is 1.71 bits per heavy atom. The Morgan fingerprint density at radius 3 is 1.86 bits per heavy atom. The van der Waals surface area contributed by atoms with Gasteiger partial charge in [0.15, 0.2) is 0 Å². The average molecular weight is 221 g/mol. The van der Waals surface area contributed by atoms with Crippen LogP contribution in [-0.4, -0.2) is 16.7 Å². The number of halogens is 1. The summed E-state index contributed by atoms with van der Waals surface area (Å²) in [5.41, 5.74) is 0. The second-order valence-electron chi connectivity index (χ2n) is 0.741. The molecule has 0 bridgehead atoms. The molecule has 48 valence electrons. The molecule has 3 nitrogen and oxygen atoms in total. The fraction of sp³-hybridized carbons (Fsp3) is 1.00. The summed E-state index contributed by atoms with van der Waals surface area (Å²) in [5.74, 6) is 0. The van der Waals surface area contributed by atoms with Crippen molar-refractivity contribution in [2.75, 3.05) is 0 Å². The van der Waals surface area contributed by atoms with E-state index >= 15 is 0 Å². The minimum atomic E-state index is -4.49. The van der Waals surface area contributed by atoms with E-state index in [4.69, 9.17) is 4.55 Å². The molecule has 7 heavy (non-hydrogen) atoms. The van der Waals surface area contributed by atoms with Gasteiger partial charge in [-0.25, -0.2) is 0 Å². The number of hydrogen-bond donors (Lipinski definition) is 1. The Bertz CT molecular complexity index is 137. The van der Waals surface area contributed by atoms with E-state index in [2.05, 4.69) is 0 Å². The van der Waals surface area contributed by atoms with Gasteiger partial charge in [0, 0.05) is 0 Å². The first-order valence-corrected chi connectivity index (χ1v) is 3.50. The molecule has 0 aliphatic heterocycles. The van der Waals surface area contributed by atoms with E-state index in [1.54, 1.807) is 0 Å². The van der Waals surface area contributed by atoms with Crippen LogP contribution in [0, 0.1) is 0 Å². The molecule has 0 aliphatic carbocycles. The fourth-order valence-corrected chi connectivity index (χ4v) is 0. The summed E-state index contributed by atoms with van der Waals surface area (Å²) in [6, 6.07) is 0. The first kappa shape index (κ1) is 7.58. The summed E-state index contributed by atoms with van der Waals surface area (Å²) in [6.45, 7) is 0. The molecule has 6 heteroatoms. The van der Waals surface area contributed by atoms with E-state index in [0.717, 1.165) is 0 Å². The van der Waals surface area contributed by atoms with Gasteiger partial charge < -0.3 is 0 Å². The van der Waals surface area contributed by atoms with Crippen LogP contribution in [0.5, 0.6) is 0 Å². The molecule has 0 aromatic rings. The van der Waals surface area contributed by atoms with Gasteiger partial charge in [-0.2, -0.15) is 0 Å². The van der Waals surface area contributed by atoms with Crippen molar-refractivity contribution in [3.8, 4) is 0 Å². The van der Waals surface area contributed by atoms with E-state index in [0.29, 0.717) is 0 Å². The van der Waals surface area contributed by atoms with Crippen LogP contribution in [0.3, 0.4) is 0 Å². The van der Waals surface area contributed by atoms with E-state index in [1.165, 1.54) is 0 Å². The zero-order valence-corrected chi connectivity index (χ0v) is 5.23. The van der Waals surface area contributed by atoms with Crippen molar-refractivity contribution in [1.29, 1.82) is 0 Å². The first-order chi connectivity index (χ1) is 2.94. The van der Waals surface area contributed by atoms with Gasteiger partial charge in [-0.15, -0.1) is 0 Å². The Hall–Kier alpha value is 0.580. The average Bonchev–Trinajstić information content (AvgIpc) is 1.31. The maximum atomic E-state index is 11.3. The van der Waals surface area contributed by atoms with Crippen molar-refractivity contribution in [2.45, 2.75) is 3.72 Å². The number of rotatable bonds is 1. The van der Waals surface area contributed by atoms with E-state index in [9.17, 15) is 12.8 Å². The minimum absolute atomic E-state index is 2.01. The van der Waals surface area contributed by atoms with Crippen molar-refractivity contribution >= 4 is 10.1 Å². The summed E-state index contributed by atoms with van der Waals surface area (Å²) >= 11 is 2.01. The Labute approximate surface area is 52.6 Å². The molecule has 0 rings (SSSR count). The topological polar surface area (TPSA) is 54.4 Å². The molecule has 1 N–H and O–H groups in total. The predicted molar refractivity (Wildman–Crippen MR) is 16.4 cm³/mol. The summed E-state index contributed by atoms with van der Waals surface area (Å²) in [5, 5.41) is 0. The second kappa shape index (κ2) is 2.23. The molecule has 1 atom stereocenters. The molecule has 0 aromatic heterocycles. The van der Waals surface area contributed by atoms with E-state index in [1.807, 2.05) is 21.1 Å². The van der Waals surface area contributed by atoms with Gasteiger partial charge in [0.1, 0.15) is 0 Å². The molecular weight excluding hydrogens is 219 g/mol. The zero-order valence-electron chi connectivity index (χ0n) is 2.93. The van der Waals surface area contributed by atoms with Gasteiger partial charge in [-0.3, -0.25) is 0 Å². The van der Waals surface area contributed by atoms with Gasteiger partial charge in [-0.05, 0) is 0 Å². The van der Waals surface area contributed by atoms with Crippen LogP contribution in [0.15, 0.2) is 0 Å². The van der Waals surface area contributed by atoms with Crippen LogP contribution in [-0.2, 0) is 31.2 Å². The van der Waals surface area contributed by atoms with Crippen LogP contribution in [0.25, 0.3) is 0 Å². The molecule has 0 fully saturated rings. The van der Waals surface area contributed by atoms with Crippen molar-refractivity contribution in [1.82, 2.24) is 0 Å². The molecule has 0 saturated carbocycles.